The lowest BCUT2D eigenvalue weighted by Crippen LogP contribution is -2.27. The summed E-state index contributed by atoms with van der Waals surface area (Å²) in [5, 5.41) is 3.25. The fraction of sp³-hybridized carbons (Fsp3) is 0.500. The molecule has 1 aromatic rings. The minimum atomic E-state index is -0.269. The van der Waals surface area contributed by atoms with Gasteiger partial charge >= 0.3 is 0 Å². The van der Waals surface area contributed by atoms with Gasteiger partial charge in [-0.05, 0) is 6.07 Å². The molecule has 2 N–H and O–H groups in total. The summed E-state index contributed by atoms with van der Waals surface area (Å²) in [5.41, 5.74) is 0.330. The molecule has 1 aromatic heterocycles. The molecule has 0 unspecified atom stereocenters. The third kappa shape index (κ3) is 4.95. The van der Waals surface area contributed by atoms with E-state index in [0.29, 0.717) is 37.1 Å². The van der Waals surface area contributed by atoms with Gasteiger partial charge in [0.05, 0.1) is 24.8 Å². The largest absolute Gasteiger partial charge is 0.382 e. The highest BCUT2D eigenvalue weighted by atomic mass is 35.5. The van der Waals surface area contributed by atoms with Crippen LogP contribution >= 0.6 is 23.2 Å². The molecule has 0 atom stereocenters. The zero-order valence-corrected chi connectivity index (χ0v) is 10.9. The molecule has 1 heterocycles. The number of hydrogen-bond acceptors (Lipinski definition) is 3. The lowest BCUT2D eigenvalue weighted by Gasteiger charge is -2.04. The van der Waals surface area contributed by atoms with E-state index < -0.39 is 0 Å². The van der Waals surface area contributed by atoms with Gasteiger partial charge in [0.25, 0.3) is 5.91 Å². The Hall–Kier alpha value is -0.750. The van der Waals surface area contributed by atoms with Crippen LogP contribution in [0, 0.1) is 0 Å². The van der Waals surface area contributed by atoms with Gasteiger partial charge in [0, 0.05) is 13.7 Å². The van der Waals surface area contributed by atoms with Crippen LogP contribution in [0.5, 0.6) is 0 Å². The minimum Gasteiger partial charge on any atom is -0.382 e. The molecule has 0 bridgehead atoms. The molecule has 0 aliphatic carbocycles. The van der Waals surface area contributed by atoms with Crippen LogP contribution in [0.1, 0.15) is 10.5 Å². The van der Waals surface area contributed by atoms with Gasteiger partial charge in [0.1, 0.15) is 10.8 Å². The average molecular weight is 281 g/mol. The van der Waals surface area contributed by atoms with E-state index >= 15 is 0 Å². The number of methoxy groups -OCH3 is 1. The predicted molar refractivity (Wildman–Crippen MR) is 65.8 cm³/mol. The van der Waals surface area contributed by atoms with Gasteiger partial charge in [-0.25, -0.2) is 0 Å². The molecular weight excluding hydrogens is 267 g/mol. The van der Waals surface area contributed by atoms with Gasteiger partial charge in [-0.1, -0.05) is 23.2 Å². The first kappa shape index (κ1) is 14.3. The molecule has 0 radical (unpaired) electrons. The van der Waals surface area contributed by atoms with E-state index in [1.54, 1.807) is 7.11 Å². The number of carbonyl (C=O) groups excluding carboxylic acids is 1. The normalized spacial score (nSPS) is 10.5. The first-order valence-corrected chi connectivity index (χ1v) is 5.79. The highest BCUT2D eigenvalue weighted by molar-refractivity contribution is 6.41. The van der Waals surface area contributed by atoms with Crippen molar-refractivity contribution in [3.63, 3.8) is 0 Å². The third-order valence-electron chi connectivity index (χ3n) is 1.93. The zero-order chi connectivity index (χ0) is 12.7. The number of carbonyl (C=O) groups is 1. The first-order chi connectivity index (χ1) is 8.15. The number of ether oxygens (including phenoxy) is 2. The fourth-order valence-corrected chi connectivity index (χ4v) is 1.42. The van der Waals surface area contributed by atoms with Gasteiger partial charge in [-0.3, -0.25) is 4.79 Å². The Morgan fingerprint density at radius 1 is 1.41 bits per heavy atom. The van der Waals surface area contributed by atoms with Gasteiger partial charge in [0.15, 0.2) is 0 Å². The van der Waals surface area contributed by atoms with Crippen LogP contribution < -0.4 is 5.32 Å². The maximum Gasteiger partial charge on any atom is 0.267 e. The van der Waals surface area contributed by atoms with Crippen molar-refractivity contribution < 1.29 is 14.3 Å². The molecule has 0 saturated heterocycles. The Morgan fingerprint density at radius 3 is 2.76 bits per heavy atom. The zero-order valence-electron chi connectivity index (χ0n) is 9.39. The molecule has 1 rings (SSSR count). The predicted octanol–water partition coefficient (Wildman–Crippen LogP) is 1.71. The molecule has 96 valence electrons. The number of aromatic nitrogens is 1. The number of halogens is 2. The third-order valence-corrected chi connectivity index (χ3v) is 2.63. The maximum absolute atomic E-state index is 11.6. The SMILES string of the molecule is COCCOCCNC(=O)c1cc(Cl)c(Cl)[nH]1. The van der Waals surface area contributed by atoms with Gasteiger partial charge in [0.2, 0.25) is 0 Å². The van der Waals surface area contributed by atoms with Crippen molar-refractivity contribution in [1.82, 2.24) is 10.3 Å². The molecular formula is C10H14Cl2N2O3. The van der Waals surface area contributed by atoms with Gasteiger partial charge in [-0.15, -0.1) is 0 Å². The second-order valence-electron chi connectivity index (χ2n) is 3.21. The smallest absolute Gasteiger partial charge is 0.267 e. The number of rotatable bonds is 7. The Labute approximate surface area is 109 Å². The summed E-state index contributed by atoms with van der Waals surface area (Å²) in [6.07, 6.45) is 0. The van der Waals surface area contributed by atoms with Crippen LogP contribution in [0.3, 0.4) is 0 Å². The molecule has 5 nitrogen and oxygen atoms in total. The van der Waals surface area contributed by atoms with Crippen LogP contribution in [0.25, 0.3) is 0 Å². The summed E-state index contributed by atoms with van der Waals surface area (Å²) in [5.74, 6) is -0.269. The topological polar surface area (TPSA) is 63.4 Å². The summed E-state index contributed by atoms with van der Waals surface area (Å²) in [4.78, 5) is 14.2. The van der Waals surface area contributed by atoms with E-state index in [1.165, 1.54) is 6.07 Å². The van der Waals surface area contributed by atoms with Crippen LogP contribution in [-0.4, -0.2) is 44.4 Å². The molecule has 0 aliphatic rings. The van der Waals surface area contributed by atoms with E-state index in [0.717, 1.165) is 0 Å². The fourth-order valence-electron chi connectivity index (χ4n) is 1.10. The highest BCUT2D eigenvalue weighted by Crippen LogP contribution is 2.21. The molecule has 0 saturated carbocycles. The highest BCUT2D eigenvalue weighted by Gasteiger charge is 2.10. The molecule has 17 heavy (non-hydrogen) atoms. The Kier molecular flexibility index (Phi) is 6.36. The summed E-state index contributed by atoms with van der Waals surface area (Å²) in [6, 6.07) is 1.48. The second kappa shape index (κ2) is 7.55. The van der Waals surface area contributed by atoms with Crippen LogP contribution in [-0.2, 0) is 9.47 Å². The van der Waals surface area contributed by atoms with Crippen molar-refractivity contribution in [2.75, 3.05) is 33.5 Å². The minimum absolute atomic E-state index is 0.258. The Balaban J connectivity index is 2.21. The molecule has 0 fully saturated rings. The van der Waals surface area contributed by atoms with Crippen molar-refractivity contribution in [3.05, 3.63) is 21.9 Å². The van der Waals surface area contributed by atoms with Crippen molar-refractivity contribution in [3.8, 4) is 0 Å². The molecule has 0 spiro atoms. The second-order valence-corrected chi connectivity index (χ2v) is 3.99. The van der Waals surface area contributed by atoms with Gasteiger partial charge in [-0.2, -0.15) is 0 Å². The number of amides is 1. The Morgan fingerprint density at radius 2 is 2.18 bits per heavy atom. The lowest BCUT2D eigenvalue weighted by molar-refractivity contribution is 0.0692. The number of H-pyrrole nitrogens is 1. The summed E-state index contributed by atoms with van der Waals surface area (Å²) >= 11 is 11.4. The molecule has 7 heteroatoms. The van der Waals surface area contributed by atoms with Crippen LogP contribution in [0.4, 0.5) is 0 Å². The van der Waals surface area contributed by atoms with Crippen molar-refractivity contribution in [1.29, 1.82) is 0 Å². The van der Waals surface area contributed by atoms with Crippen molar-refractivity contribution >= 4 is 29.1 Å². The number of nitrogens with one attached hydrogen (secondary N) is 2. The van der Waals surface area contributed by atoms with E-state index in [-0.39, 0.29) is 11.1 Å². The number of aromatic amines is 1. The van der Waals surface area contributed by atoms with Gasteiger partial charge < -0.3 is 19.8 Å². The monoisotopic (exact) mass is 280 g/mol. The lowest BCUT2D eigenvalue weighted by atomic mass is 10.4. The first-order valence-electron chi connectivity index (χ1n) is 5.04. The van der Waals surface area contributed by atoms with E-state index in [9.17, 15) is 4.79 Å². The Bertz CT molecular complexity index is 349. The average Bonchev–Trinajstić information content (AvgIpc) is 2.64. The molecule has 0 aromatic carbocycles. The van der Waals surface area contributed by atoms with E-state index in [2.05, 4.69) is 10.3 Å². The van der Waals surface area contributed by atoms with Crippen LogP contribution in [0.2, 0.25) is 10.2 Å². The summed E-state index contributed by atoms with van der Waals surface area (Å²) < 4.78 is 10.00. The number of hydrogen-bond donors (Lipinski definition) is 2. The summed E-state index contributed by atoms with van der Waals surface area (Å²) in [7, 11) is 1.60. The van der Waals surface area contributed by atoms with Crippen molar-refractivity contribution in [2.24, 2.45) is 0 Å². The van der Waals surface area contributed by atoms with Crippen LogP contribution in [0.15, 0.2) is 6.07 Å². The maximum atomic E-state index is 11.6. The van der Waals surface area contributed by atoms with E-state index in [4.69, 9.17) is 32.7 Å². The summed E-state index contributed by atoms with van der Waals surface area (Å²) in [6.45, 7) is 1.89. The van der Waals surface area contributed by atoms with E-state index in [1.807, 2.05) is 0 Å². The van der Waals surface area contributed by atoms with Crippen molar-refractivity contribution in [2.45, 2.75) is 0 Å². The molecule has 1 amide bonds. The molecule has 0 aliphatic heterocycles. The standard InChI is InChI=1S/C10H14Cl2N2O3/c1-16-4-5-17-3-2-13-10(15)8-6-7(11)9(12)14-8/h6,14H,2-5H2,1H3,(H,13,15). The quantitative estimate of drug-likeness (QED) is 0.748.